The third kappa shape index (κ3) is 4.14. The van der Waals surface area contributed by atoms with Crippen LogP contribution < -0.4 is 10.1 Å². The van der Waals surface area contributed by atoms with Crippen molar-refractivity contribution in [2.24, 2.45) is 0 Å². The van der Waals surface area contributed by atoms with E-state index in [1.807, 2.05) is 0 Å². The molecular weight excluding hydrogens is 428 g/mol. The van der Waals surface area contributed by atoms with Gasteiger partial charge < -0.3 is 19.9 Å². The molecule has 0 spiro atoms. The van der Waals surface area contributed by atoms with Crippen LogP contribution >= 0.6 is 0 Å². The lowest BCUT2D eigenvalue weighted by atomic mass is 9.96. The number of amides is 3. The summed E-state index contributed by atoms with van der Waals surface area (Å²) in [5, 5.41) is 3.13. The lowest BCUT2D eigenvalue weighted by Gasteiger charge is -2.27. The van der Waals surface area contributed by atoms with Crippen molar-refractivity contribution in [3.63, 3.8) is 0 Å². The summed E-state index contributed by atoms with van der Waals surface area (Å²) in [5.74, 6) is -1.20. The van der Waals surface area contributed by atoms with E-state index < -0.39 is 17.7 Å². The van der Waals surface area contributed by atoms with E-state index in [9.17, 15) is 18.4 Å². The smallest absolute Gasteiger partial charge is 0.317 e. The van der Waals surface area contributed by atoms with Crippen molar-refractivity contribution in [1.82, 2.24) is 15.1 Å². The molecule has 33 heavy (non-hydrogen) atoms. The van der Waals surface area contributed by atoms with Gasteiger partial charge in [0, 0.05) is 31.3 Å². The lowest BCUT2D eigenvalue weighted by Crippen LogP contribution is -2.46. The van der Waals surface area contributed by atoms with Crippen LogP contribution in [-0.4, -0.2) is 60.1 Å². The Morgan fingerprint density at radius 3 is 2.55 bits per heavy atom. The van der Waals surface area contributed by atoms with Gasteiger partial charge in [0.1, 0.15) is 23.5 Å². The van der Waals surface area contributed by atoms with Gasteiger partial charge in [0.05, 0.1) is 18.2 Å². The number of rotatable bonds is 2. The van der Waals surface area contributed by atoms with Crippen LogP contribution in [0.4, 0.5) is 13.6 Å². The normalized spacial score (nSPS) is 22.9. The Labute approximate surface area is 191 Å². The van der Waals surface area contributed by atoms with Crippen molar-refractivity contribution in [2.75, 3.05) is 20.1 Å². The number of nitrogens with zero attached hydrogens (tertiary/aromatic N) is 2. The van der Waals surface area contributed by atoms with Crippen molar-refractivity contribution in [3.05, 3.63) is 53.6 Å². The predicted octanol–water partition coefficient (Wildman–Crippen LogP) is 4.19. The fourth-order valence-electron chi connectivity index (χ4n) is 5.11. The fourth-order valence-corrected chi connectivity index (χ4v) is 5.11. The summed E-state index contributed by atoms with van der Waals surface area (Å²) >= 11 is 0. The van der Waals surface area contributed by atoms with Gasteiger partial charge in [-0.1, -0.05) is 25.3 Å². The van der Waals surface area contributed by atoms with Crippen LogP contribution in [0.5, 0.6) is 5.75 Å². The summed E-state index contributed by atoms with van der Waals surface area (Å²) in [6.45, 7) is 0.744. The second kappa shape index (κ2) is 8.65. The van der Waals surface area contributed by atoms with Crippen molar-refractivity contribution >= 4 is 11.9 Å². The Hall–Kier alpha value is -3.16. The number of likely N-dealkylation sites (tertiary alicyclic amines) is 1. The summed E-state index contributed by atoms with van der Waals surface area (Å²) < 4.78 is 33.9. The molecule has 174 valence electrons. The quantitative estimate of drug-likeness (QED) is 0.739. The maximum Gasteiger partial charge on any atom is 0.317 e. The third-order valence-corrected chi connectivity index (χ3v) is 7.01. The Morgan fingerprint density at radius 2 is 1.79 bits per heavy atom. The van der Waals surface area contributed by atoms with Crippen molar-refractivity contribution < 1.29 is 23.1 Å². The van der Waals surface area contributed by atoms with Crippen LogP contribution in [0.1, 0.15) is 42.5 Å². The maximum atomic E-state index is 14.3. The number of urea groups is 1. The topological polar surface area (TPSA) is 61.9 Å². The highest BCUT2D eigenvalue weighted by atomic mass is 19.1. The van der Waals surface area contributed by atoms with E-state index in [0.717, 1.165) is 31.7 Å². The zero-order chi connectivity index (χ0) is 23.1. The number of likely N-dealkylation sites (N-methyl/N-ethyl adjacent to an activating group) is 1. The Balaban J connectivity index is 1.38. The van der Waals surface area contributed by atoms with Gasteiger partial charge in [-0.15, -0.1) is 0 Å². The maximum absolute atomic E-state index is 14.3. The molecule has 3 aliphatic rings. The average Bonchev–Trinajstić information content (AvgIpc) is 3.19. The largest absolute Gasteiger partial charge is 0.485 e. The minimum atomic E-state index is -0.684. The molecule has 3 amide bonds. The average molecular weight is 456 g/mol. The first kappa shape index (κ1) is 21.7. The highest BCUT2D eigenvalue weighted by Gasteiger charge is 2.44. The number of halogens is 2. The summed E-state index contributed by atoms with van der Waals surface area (Å²) in [6.07, 6.45) is 5.07. The Bertz CT molecular complexity index is 1090. The molecule has 1 N–H and O–H groups in total. The van der Waals surface area contributed by atoms with Gasteiger partial charge >= 0.3 is 6.03 Å². The molecule has 2 atom stereocenters. The van der Waals surface area contributed by atoms with Gasteiger partial charge in [-0.2, -0.15) is 0 Å². The number of ether oxygens (including phenoxy) is 1. The molecule has 2 aromatic rings. The molecule has 2 aliphatic heterocycles. The van der Waals surface area contributed by atoms with E-state index in [4.69, 9.17) is 4.74 Å². The molecule has 0 aromatic heterocycles. The third-order valence-electron chi connectivity index (χ3n) is 7.01. The number of carbonyl (C=O) groups excluding carboxylic acids is 2. The summed E-state index contributed by atoms with van der Waals surface area (Å²) in [5.41, 5.74) is 1.10. The van der Waals surface area contributed by atoms with Gasteiger partial charge in [-0.25, -0.2) is 13.6 Å². The molecule has 6 nitrogen and oxygen atoms in total. The predicted molar refractivity (Wildman–Crippen MR) is 119 cm³/mol. The molecule has 2 heterocycles. The first-order valence-electron chi connectivity index (χ1n) is 11.5. The standard InChI is InChI=1S/C25H27F2N3O3/c1-29-21-13-30(25(32)28-17-5-3-2-4-6-17)14-23(21)33-22-11-15(7-9-19(22)24(29)31)18-10-8-16(26)12-20(18)27/h7-12,17,21,23H,2-6,13-14H2,1H3,(H,28,32)/t21-,23+/m1/s1. The molecule has 1 aliphatic carbocycles. The van der Waals surface area contributed by atoms with Crippen molar-refractivity contribution in [1.29, 1.82) is 0 Å². The highest BCUT2D eigenvalue weighted by Crippen LogP contribution is 2.35. The van der Waals surface area contributed by atoms with Crippen molar-refractivity contribution in [3.8, 4) is 16.9 Å². The molecule has 8 heteroatoms. The van der Waals surface area contributed by atoms with E-state index in [0.29, 0.717) is 30.0 Å². The molecule has 0 unspecified atom stereocenters. The number of nitrogens with one attached hydrogen (secondary N) is 1. The molecule has 1 saturated carbocycles. The summed E-state index contributed by atoms with van der Waals surface area (Å²) in [6, 6.07) is 8.05. The van der Waals surface area contributed by atoms with E-state index in [-0.39, 0.29) is 29.6 Å². The van der Waals surface area contributed by atoms with Gasteiger partial charge in [0.25, 0.3) is 5.91 Å². The van der Waals surface area contributed by atoms with E-state index >= 15 is 0 Å². The SMILES string of the molecule is CN1C(=O)c2ccc(-c3ccc(F)cc3F)cc2O[C@H]2CN(C(=O)NC3CCCCC3)C[C@H]21. The minimum Gasteiger partial charge on any atom is -0.485 e. The monoisotopic (exact) mass is 455 g/mol. The van der Waals surface area contributed by atoms with E-state index in [2.05, 4.69) is 5.32 Å². The Morgan fingerprint density at radius 1 is 1.03 bits per heavy atom. The number of fused-ring (bicyclic) bond motifs is 2. The first-order chi connectivity index (χ1) is 15.9. The van der Waals surface area contributed by atoms with Crippen LogP contribution in [0.15, 0.2) is 36.4 Å². The van der Waals surface area contributed by atoms with Crippen molar-refractivity contribution in [2.45, 2.75) is 50.3 Å². The number of hydrogen-bond donors (Lipinski definition) is 1. The zero-order valence-electron chi connectivity index (χ0n) is 18.5. The van der Waals surface area contributed by atoms with Crippen LogP contribution in [0.25, 0.3) is 11.1 Å². The number of benzene rings is 2. The van der Waals surface area contributed by atoms with Crippen LogP contribution in [0.3, 0.4) is 0 Å². The first-order valence-corrected chi connectivity index (χ1v) is 11.5. The number of carbonyl (C=O) groups is 2. The molecule has 2 aromatic carbocycles. The lowest BCUT2D eigenvalue weighted by molar-refractivity contribution is 0.0682. The molecule has 1 saturated heterocycles. The second-order valence-electron chi connectivity index (χ2n) is 9.16. The van der Waals surface area contributed by atoms with Crippen LogP contribution in [0, 0.1) is 11.6 Å². The molecule has 0 radical (unpaired) electrons. The highest BCUT2D eigenvalue weighted by molar-refractivity contribution is 5.98. The molecule has 2 fully saturated rings. The van der Waals surface area contributed by atoms with Crippen LogP contribution in [-0.2, 0) is 0 Å². The summed E-state index contributed by atoms with van der Waals surface area (Å²) in [7, 11) is 1.72. The van der Waals surface area contributed by atoms with Gasteiger partial charge in [-0.05, 0) is 42.7 Å². The number of hydrogen-bond acceptors (Lipinski definition) is 3. The molecule has 5 rings (SSSR count). The molecular formula is C25H27F2N3O3. The van der Waals surface area contributed by atoms with E-state index in [1.54, 1.807) is 35.0 Å². The fraction of sp³-hybridized carbons (Fsp3) is 0.440. The zero-order valence-corrected chi connectivity index (χ0v) is 18.5. The summed E-state index contributed by atoms with van der Waals surface area (Å²) in [4.78, 5) is 29.3. The minimum absolute atomic E-state index is 0.123. The Kier molecular flexibility index (Phi) is 5.68. The van der Waals surface area contributed by atoms with Gasteiger partial charge in [0.15, 0.2) is 0 Å². The van der Waals surface area contributed by atoms with E-state index in [1.165, 1.54) is 18.6 Å². The van der Waals surface area contributed by atoms with Gasteiger partial charge in [-0.3, -0.25) is 4.79 Å². The van der Waals surface area contributed by atoms with Crippen LogP contribution in [0.2, 0.25) is 0 Å². The molecule has 0 bridgehead atoms. The van der Waals surface area contributed by atoms with Gasteiger partial charge in [0.2, 0.25) is 0 Å². The second-order valence-corrected chi connectivity index (χ2v) is 9.16.